The Labute approximate surface area is 156 Å². The van der Waals surface area contributed by atoms with Gasteiger partial charge in [-0.3, -0.25) is 0 Å². The highest BCUT2D eigenvalue weighted by molar-refractivity contribution is 5.74. The zero-order chi connectivity index (χ0) is 18.5. The standard InChI is InChI=1S/C22H28N2O2/c1-16-4-5-18(17(2)14-16)10-12-23-22(25)24-13-11-20(15-24)19-6-8-21(26-3)9-7-19/h4-9,14,20H,10-13,15H2,1-3H3,(H,23,25). The van der Waals surface area contributed by atoms with Gasteiger partial charge in [0.05, 0.1) is 7.11 Å². The van der Waals surface area contributed by atoms with Crippen molar-refractivity contribution in [1.29, 1.82) is 0 Å². The van der Waals surface area contributed by atoms with Gasteiger partial charge in [-0.05, 0) is 55.5 Å². The molecule has 1 fully saturated rings. The number of hydrogen-bond donors (Lipinski definition) is 1. The van der Waals surface area contributed by atoms with E-state index in [0.717, 1.165) is 31.7 Å². The van der Waals surface area contributed by atoms with E-state index in [-0.39, 0.29) is 6.03 Å². The predicted molar refractivity (Wildman–Crippen MR) is 105 cm³/mol. The first-order valence-corrected chi connectivity index (χ1v) is 9.29. The molecule has 1 heterocycles. The normalized spacial score (nSPS) is 16.6. The van der Waals surface area contributed by atoms with Gasteiger partial charge in [-0.1, -0.05) is 35.9 Å². The van der Waals surface area contributed by atoms with Crippen LogP contribution in [0.25, 0.3) is 0 Å². The van der Waals surface area contributed by atoms with Crippen LogP contribution in [0.2, 0.25) is 0 Å². The minimum Gasteiger partial charge on any atom is -0.497 e. The lowest BCUT2D eigenvalue weighted by Crippen LogP contribution is -2.39. The zero-order valence-electron chi connectivity index (χ0n) is 15.9. The van der Waals surface area contributed by atoms with Crippen molar-refractivity contribution in [2.45, 2.75) is 32.6 Å². The summed E-state index contributed by atoms with van der Waals surface area (Å²) in [6.45, 7) is 6.50. The second-order valence-electron chi connectivity index (χ2n) is 7.12. The number of amides is 2. The molecule has 1 N–H and O–H groups in total. The Bertz CT molecular complexity index is 755. The second-order valence-corrected chi connectivity index (χ2v) is 7.12. The Hall–Kier alpha value is -2.49. The molecule has 0 saturated carbocycles. The van der Waals surface area contributed by atoms with Crippen LogP contribution in [0.15, 0.2) is 42.5 Å². The summed E-state index contributed by atoms with van der Waals surface area (Å²) in [5.74, 6) is 1.28. The predicted octanol–water partition coefficient (Wildman–Crippen LogP) is 4.05. The zero-order valence-corrected chi connectivity index (χ0v) is 15.9. The Morgan fingerprint density at radius 1 is 1.19 bits per heavy atom. The fourth-order valence-corrected chi connectivity index (χ4v) is 3.64. The Balaban J connectivity index is 1.48. The van der Waals surface area contributed by atoms with Crippen LogP contribution in [-0.2, 0) is 6.42 Å². The number of carbonyl (C=O) groups excluding carboxylic acids is 1. The van der Waals surface area contributed by atoms with Crippen molar-refractivity contribution in [3.05, 3.63) is 64.7 Å². The molecule has 1 unspecified atom stereocenters. The van der Waals surface area contributed by atoms with Crippen LogP contribution in [0.3, 0.4) is 0 Å². The van der Waals surface area contributed by atoms with Gasteiger partial charge in [0.25, 0.3) is 0 Å². The quantitative estimate of drug-likeness (QED) is 0.882. The first kappa shape index (κ1) is 18.3. The summed E-state index contributed by atoms with van der Waals surface area (Å²) >= 11 is 0. The maximum Gasteiger partial charge on any atom is 0.317 e. The van der Waals surface area contributed by atoms with Crippen LogP contribution in [0.5, 0.6) is 5.75 Å². The molecule has 138 valence electrons. The summed E-state index contributed by atoms with van der Waals surface area (Å²) in [6, 6.07) is 14.7. The smallest absolute Gasteiger partial charge is 0.317 e. The number of hydrogen-bond acceptors (Lipinski definition) is 2. The SMILES string of the molecule is COc1ccc(C2CCN(C(=O)NCCc3ccc(C)cc3C)C2)cc1. The number of likely N-dealkylation sites (tertiary alicyclic amines) is 1. The van der Waals surface area contributed by atoms with E-state index in [1.54, 1.807) is 7.11 Å². The van der Waals surface area contributed by atoms with E-state index < -0.39 is 0 Å². The van der Waals surface area contributed by atoms with Gasteiger partial charge < -0.3 is 15.0 Å². The molecule has 4 heteroatoms. The van der Waals surface area contributed by atoms with Gasteiger partial charge in [0, 0.05) is 25.6 Å². The van der Waals surface area contributed by atoms with Crippen molar-refractivity contribution in [3.63, 3.8) is 0 Å². The van der Waals surface area contributed by atoms with E-state index in [0.29, 0.717) is 12.5 Å². The fraction of sp³-hybridized carbons (Fsp3) is 0.409. The van der Waals surface area contributed by atoms with Crippen molar-refractivity contribution in [2.75, 3.05) is 26.7 Å². The van der Waals surface area contributed by atoms with Gasteiger partial charge in [-0.25, -0.2) is 4.79 Å². The van der Waals surface area contributed by atoms with Gasteiger partial charge in [-0.15, -0.1) is 0 Å². The molecule has 0 spiro atoms. The summed E-state index contributed by atoms with van der Waals surface area (Å²) in [5, 5.41) is 3.07. The summed E-state index contributed by atoms with van der Waals surface area (Å²) in [6.07, 6.45) is 1.88. The molecule has 0 radical (unpaired) electrons. The molecule has 0 aliphatic carbocycles. The number of aryl methyl sites for hydroxylation is 2. The monoisotopic (exact) mass is 352 g/mol. The van der Waals surface area contributed by atoms with E-state index in [9.17, 15) is 4.79 Å². The molecular formula is C22H28N2O2. The topological polar surface area (TPSA) is 41.6 Å². The van der Waals surface area contributed by atoms with E-state index in [4.69, 9.17) is 4.74 Å². The molecule has 1 aliphatic rings. The van der Waals surface area contributed by atoms with E-state index in [1.165, 1.54) is 22.3 Å². The number of urea groups is 1. The van der Waals surface area contributed by atoms with Crippen LogP contribution >= 0.6 is 0 Å². The molecular weight excluding hydrogens is 324 g/mol. The third-order valence-electron chi connectivity index (χ3n) is 5.23. The highest BCUT2D eigenvalue weighted by Gasteiger charge is 2.27. The van der Waals surface area contributed by atoms with E-state index in [2.05, 4.69) is 49.5 Å². The lowest BCUT2D eigenvalue weighted by molar-refractivity contribution is 0.208. The van der Waals surface area contributed by atoms with Crippen molar-refractivity contribution >= 4 is 6.03 Å². The van der Waals surface area contributed by atoms with Crippen molar-refractivity contribution in [1.82, 2.24) is 10.2 Å². The molecule has 1 aliphatic heterocycles. The second kappa shape index (κ2) is 8.26. The molecule has 2 aromatic rings. The highest BCUT2D eigenvalue weighted by Crippen LogP contribution is 2.28. The number of benzene rings is 2. The minimum atomic E-state index is 0.0470. The molecule has 1 saturated heterocycles. The third kappa shape index (κ3) is 4.37. The molecule has 3 rings (SSSR count). The molecule has 4 nitrogen and oxygen atoms in total. The van der Waals surface area contributed by atoms with Crippen LogP contribution in [0.1, 0.15) is 34.6 Å². The Morgan fingerprint density at radius 2 is 1.96 bits per heavy atom. The number of methoxy groups -OCH3 is 1. The van der Waals surface area contributed by atoms with Crippen molar-refractivity contribution in [3.8, 4) is 5.75 Å². The first-order chi connectivity index (χ1) is 12.6. The van der Waals surface area contributed by atoms with Crippen LogP contribution in [0, 0.1) is 13.8 Å². The summed E-state index contributed by atoms with van der Waals surface area (Å²) in [5.41, 5.74) is 5.14. The molecule has 2 aromatic carbocycles. The third-order valence-corrected chi connectivity index (χ3v) is 5.23. The van der Waals surface area contributed by atoms with Gasteiger partial charge in [0.1, 0.15) is 5.75 Å². The van der Waals surface area contributed by atoms with Crippen molar-refractivity contribution in [2.24, 2.45) is 0 Å². The Kier molecular flexibility index (Phi) is 5.82. The van der Waals surface area contributed by atoms with E-state index >= 15 is 0 Å². The summed E-state index contributed by atoms with van der Waals surface area (Å²) < 4.78 is 5.21. The fourth-order valence-electron chi connectivity index (χ4n) is 3.64. The van der Waals surface area contributed by atoms with Crippen LogP contribution in [0.4, 0.5) is 4.79 Å². The lowest BCUT2D eigenvalue weighted by atomic mass is 9.98. The van der Waals surface area contributed by atoms with Gasteiger partial charge in [0.2, 0.25) is 0 Å². The number of nitrogens with zero attached hydrogens (tertiary/aromatic N) is 1. The van der Waals surface area contributed by atoms with Gasteiger partial charge in [0.15, 0.2) is 0 Å². The first-order valence-electron chi connectivity index (χ1n) is 9.29. The maximum absolute atomic E-state index is 12.4. The molecule has 0 bridgehead atoms. The van der Waals surface area contributed by atoms with Crippen LogP contribution in [-0.4, -0.2) is 37.7 Å². The van der Waals surface area contributed by atoms with Gasteiger partial charge in [-0.2, -0.15) is 0 Å². The molecule has 1 atom stereocenters. The highest BCUT2D eigenvalue weighted by atomic mass is 16.5. The number of nitrogens with one attached hydrogen (secondary N) is 1. The van der Waals surface area contributed by atoms with Gasteiger partial charge >= 0.3 is 6.03 Å². The van der Waals surface area contributed by atoms with Crippen LogP contribution < -0.4 is 10.1 Å². The summed E-state index contributed by atoms with van der Waals surface area (Å²) in [7, 11) is 1.68. The van der Waals surface area contributed by atoms with Crippen molar-refractivity contribution < 1.29 is 9.53 Å². The average Bonchev–Trinajstić information content (AvgIpc) is 3.14. The molecule has 2 amide bonds. The minimum absolute atomic E-state index is 0.0470. The van der Waals surface area contributed by atoms with E-state index in [1.807, 2.05) is 17.0 Å². The summed E-state index contributed by atoms with van der Waals surface area (Å²) in [4.78, 5) is 14.4. The largest absolute Gasteiger partial charge is 0.497 e. The lowest BCUT2D eigenvalue weighted by Gasteiger charge is -2.18. The maximum atomic E-state index is 12.4. The average molecular weight is 352 g/mol. The number of rotatable bonds is 5. The number of carbonyl (C=O) groups is 1. The molecule has 26 heavy (non-hydrogen) atoms. The number of ether oxygens (including phenoxy) is 1. The molecule has 0 aromatic heterocycles. The Morgan fingerprint density at radius 3 is 2.65 bits per heavy atom.